The molecule has 1 aromatic rings. The highest BCUT2D eigenvalue weighted by molar-refractivity contribution is 5.28. The molecule has 1 N–H and O–H groups in total. The first-order valence-corrected chi connectivity index (χ1v) is 8.30. The molecule has 1 rings (SSSR count). The van der Waals surface area contributed by atoms with E-state index in [-0.39, 0.29) is 10.8 Å². The van der Waals surface area contributed by atoms with E-state index in [0.717, 1.165) is 18.7 Å². The lowest BCUT2D eigenvalue weighted by atomic mass is 9.82. The van der Waals surface area contributed by atoms with Crippen LogP contribution in [0.4, 0.5) is 0 Å². The molecule has 0 saturated heterocycles. The van der Waals surface area contributed by atoms with Crippen molar-refractivity contribution in [1.82, 2.24) is 9.97 Å². The number of H-pyrrole nitrogens is 1. The van der Waals surface area contributed by atoms with Gasteiger partial charge in [-0.3, -0.25) is 0 Å². The predicted octanol–water partition coefficient (Wildman–Crippen LogP) is 5.69. The van der Waals surface area contributed by atoms with Crippen LogP contribution in [0.1, 0.15) is 104 Å². The summed E-state index contributed by atoms with van der Waals surface area (Å²) >= 11 is 0. The number of nitrogens with one attached hydrogen (secondary N) is 1. The first-order valence-electron chi connectivity index (χ1n) is 8.30. The highest BCUT2D eigenvalue weighted by atomic mass is 15.0. The van der Waals surface area contributed by atoms with Gasteiger partial charge in [0.05, 0.1) is 5.69 Å². The van der Waals surface area contributed by atoms with Crippen molar-refractivity contribution in [2.24, 2.45) is 0 Å². The summed E-state index contributed by atoms with van der Waals surface area (Å²) in [6.45, 7) is 18.3. The number of hydrogen-bond acceptors (Lipinski definition) is 1. The zero-order valence-electron chi connectivity index (χ0n) is 14.9. The number of aromatic nitrogens is 2. The maximum Gasteiger partial charge on any atom is 0.112 e. The smallest absolute Gasteiger partial charge is 0.112 e. The first kappa shape index (κ1) is 17.3. The molecule has 1 heterocycles. The van der Waals surface area contributed by atoms with Crippen LogP contribution in [0.2, 0.25) is 0 Å². The fourth-order valence-corrected chi connectivity index (χ4v) is 2.49. The Labute approximate surface area is 125 Å². The van der Waals surface area contributed by atoms with Crippen molar-refractivity contribution >= 4 is 0 Å². The summed E-state index contributed by atoms with van der Waals surface area (Å²) in [5, 5.41) is 0. The summed E-state index contributed by atoms with van der Waals surface area (Å²) in [6, 6.07) is 0. The van der Waals surface area contributed by atoms with Gasteiger partial charge in [-0.25, -0.2) is 4.98 Å². The van der Waals surface area contributed by atoms with E-state index >= 15 is 0 Å². The Bertz CT molecular complexity index is 427. The summed E-state index contributed by atoms with van der Waals surface area (Å²) in [6.07, 6.45) is 4.67. The van der Waals surface area contributed by atoms with Gasteiger partial charge in [0.1, 0.15) is 5.82 Å². The maximum atomic E-state index is 5.04. The largest absolute Gasteiger partial charge is 0.345 e. The van der Waals surface area contributed by atoms with E-state index in [1.807, 2.05) is 0 Å². The monoisotopic (exact) mass is 278 g/mol. The van der Waals surface area contributed by atoms with Gasteiger partial charge in [-0.15, -0.1) is 0 Å². The zero-order chi connectivity index (χ0) is 15.6. The van der Waals surface area contributed by atoms with Crippen LogP contribution in [0.15, 0.2) is 0 Å². The molecule has 1 aromatic heterocycles. The topological polar surface area (TPSA) is 28.7 Å². The third-order valence-electron chi connectivity index (χ3n) is 5.00. The second kappa shape index (κ2) is 6.32. The summed E-state index contributed by atoms with van der Waals surface area (Å²) in [5.41, 5.74) is 2.94. The quantitative estimate of drug-likeness (QED) is 0.682. The van der Waals surface area contributed by atoms with Gasteiger partial charge in [-0.1, -0.05) is 61.8 Å². The predicted molar refractivity (Wildman–Crippen MR) is 88.5 cm³/mol. The molecule has 0 radical (unpaired) electrons. The van der Waals surface area contributed by atoms with Gasteiger partial charge in [0, 0.05) is 16.5 Å². The Morgan fingerprint density at radius 3 is 2.00 bits per heavy atom. The van der Waals surface area contributed by atoms with Gasteiger partial charge < -0.3 is 4.98 Å². The number of nitrogens with zero attached hydrogens (tertiary/aromatic N) is 1. The molecule has 0 bridgehead atoms. The highest BCUT2D eigenvalue weighted by Gasteiger charge is 2.31. The van der Waals surface area contributed by atoms with Crippen LogP contribution in [0.3, 0.4) is 0 Å². The van der Waals surface area contributed by atoms with E-state index in [1.54, 1.807) is 0 Å². The third-order valence-corrected chi connectivity index (χ3v) is 5.00. The number of imidazole rings is 1. The van der Waals surface area contributed by atoms with Crippen LogP contribution < -0.4 is 0 Å². The van der Waals surface area contributed by atoms with E-state index in [2.05, 4.69) is 60.4 Å². The molecular weight excluding hydrogens is 244 g/mol. The molecule has 0 aliphatic heterocycles. The van der Waals surface area contributed by atoms with Crippen LogP contribution in [-0.2, 0) is 10.8 Å². The molecule has 0 saturated carbocycles. The van der Waals surface area contributed by atoms with Gasteiger partial charge in [0.25, 0.3) is 0 Å². The van der Waals surface area contributed by atoms with Crippen LogP contribution in [-0.4, -0.2) is 9.97 Å². The number of rotatable bonds is 7. The molecule has 0 aromatic carbocycles. The Morgan fingerprint density at radius 2 is 1.55 bits per heavy atom. The van der Waals surface area contributed by atoms with Gasteiger partial charge in [-0.05, 0) is 25.2 Å². The van der Waals surface area contributed by atoms with Crippen LogP contribution in [0.5, 0.6) is 0 Å². The van der Waals surface area contributed by atoms with E-state index in [9.17, 15) is 0 Å². The number of hydrogen-bond donors (Lipinski definition) is 1. The molecule has 0 spiro atoms. The van der Waals surface area contributed by atoms with Gasteiger partial charge in [-0.2, -0.15) is 0 Å². The molecule has 116 valence electrons. The Balaban J connectivity index is 3.33. The average molecular weight is 278 g/mol. The Kier molecular flexibility index (Phi) is 5.46. The van der Waals surface area contributed by atoms with Gasteiger partial charge >= 0.3 is 0 Å². The van der Waals surface area contributed by atoms with Crippen LogP contribution >= 0.6 is 0 Å². The van der Waals surface area contributed by atoms with Crippen molar-refractivity contribution in [2.75, 3.05) is 0 Å². The highest BCUT2D eigenvalue weighted by Crippen LogP contribution is 2.36. The standard InChI is InChI=1S/C18H34N2/c1-9-12-13(4)14-15(17(5,6)10-2)20-16(19-14)18(7,8)11-3/h13H,9-12H2,1-8H3,(H,19,20). The molecular formula is C18H34N2. The second-order valence-electron chi connectivity index (χ2n) is 7.51. The van der Waals surface area contributed by atoms with Crippen molar-refractivity contribution in [3.63, 3.8) is 0 Å². The van der Waals surface area contributed by atoms with Crippen molar-refractivity contribution in [1.29, 1.82) is 0 Å². The van der Waals surface area contributed by atoms with Crippen LogP contribution in [0.25, 0.3) is 0 Å². The molecule has 0 aliphatic carbocycles. The lowest BCUT2D eigenvalue weighted by molar-refractivity contribution is 0.462. The van der Waals surface area contributed by atoms with Crippen molar-refractivity contribution in [2.45, 2.75) is 97.8 Å². The minimum absolute atomic E-state index is 0.128. The van der Waals surface area contributed by atoms with Gasteiger partial charge in [0.15, 0.2) is 0 Å². The lowest BCUT2D eigenvalue weighted by Gasteiger charge is -2.24. The Hall–Kier alpha value is -0.790. The summed E-state index contributed by atoms with van der Waals surface area (Å²) in [7, 11) is 0. The number of aromatic amines is 1. The molecule has 1 atom stereocenters. The SMILES string of the molecule is CCCC(C)c1[nH]c(C(C)(C)CC)nc1C(C)(C)CC. The van der Waals surface area contributed by atoms with E-state index in [0.29, 0.717) is 5.92 Å². The van der Waals surface area contributed by atoms with Crippen molar-refractivity contribution < 1.29 is 0 Å². The first-order chi connectivity index (χ1) is 9.19. The maximum absolute atomic E-state index is 5.04. The molecule has 20 heavy (non-hydrogen) atoms. The minimum Gasteiger partial charge on any atom is -0.345 e. The molecule has 0 aliphatic rings. The molecule has 2 heteroatoms. The molecule has 1 unspecified atom stereocenters. The van der Waals surface area contributed by atoms with Gasteiger partial charge in [0.2, 0.25) is 0 Å². The van der Waals surface area contributed by atoms with Crippen molar-refractivity contribution in [3.05, 3.63) is 17.2 Å². The summed E-state index contributed by atoms with van der Waals surface area (Å²) in [5.74, 6) is 1.73. The fourth-order valence-electron chi connectivity index (χ4n) is 2.49. The van der Waals surface area contributed by atoms with Crippen molar-refractivity contribution in [3.8, 4) is 0 Å². The zero-order valence-corrected chi connectivity index (χ0v) is 14.9. The minimum atomic E-state index is 0.128. The van der Waals surface area contributed by atoms with E-state index in [4.69, 9.17) is 4.98 Å². The summed E-state index contributed by atoms with van der Waals surface area (Å²) < 4.78 is 0. The fraction of sp³-hybridized carbons (Fsp3) is 0.833. The molecule has 0 amide bonds. The van der Waals surface area contributed by atoms with Crippen LogP contribution in [0, 0.1) is 0 Å². The third kappa shape index (κ3) is 3.45. The summed E-state index contributed by atoms with van der Waals surface area (Å²) in [4.78, 5) is 8.73. The average Bonchev–Trinajstić information content (AvgIpc) is 2.85. The Morgan fingerprint density at radius 1 is 1.00 bits per heavy atom. The van der Waals surface area contributed by atoms with E-state index in [1.165, 1.54) is 24.2 Å². The normalized spacial score (nSPS) is 14.6. The second-order valence-corrected chi connectivity index (χ2v) is 7.51. The van der Waals surface area contributed by atoms with E-state index < -0.39 is 0 Å². The molecule has 2 nitrogen and oxygen atoms in total. The molecule has 0 fully saturated rings. The lowest BCUT2D eigenvalue weighted by Crippen LogP contribution is -2.20.